The second-order valence-electron chi connectivity index (χ2n) is 31.0. The number of halogens is 6. The number of nitrogens with one attached hydrogen (secondary N) is 2. The molecule has 0 bridgehead atoms. The van der Waals surface area contributed by atoms with Crippen LogP contribution in [-0.2, 0) is 27.9 Å². The quantitative estimate of drug-likeness (QED) is 0.0384. The molecule has 11 rings (SSSR count). The smallest absolute Gasteiger partial charge is 0.417 e. The minimum Gasteiger partial charge on any atom is -0.446 e. The Hall–Kier alpha value is -10.3. The van der Waals surface area contributed by atoms with Gasteiger partial charge in [-0.1, -0.05) is 139 Å². The molecular formula is C84H92F6N6O12Si2. The summed E-state index contributed by atoms with van der Waals surface area (Å²) in [4.78, 5) is 91.6. The summed E-state index contributed by atoms with van der Waals surface area (Å²) in [6.45, 7) is 19.9. The van der Waals surface area contributed by atoms with Crippen LogP contribution in [0.5, 0.6) is 11.5 Å². The third-order valence-corrected chi connectivity index (χ3v) is 30.6. The van der Waals surface area contributed by atoms with Crippen molar-refractivity contribution in [2.45, 2.75) is 140 Å². The van der Waals surface area contributed by atoms with Crippen LogP contribution in [0.3, 0.4) is 0 Å². The van der Waals surface area contributed by atoms with Gasteiger partial charge in [-0.15, -0.1) is 0 Å². The molecule has 580 valence electrons. The maximum absolute atomic E-state index is 17.4. The molecular weight excluding hydrogens is 1460 g/mol. The van der Waals surface area contributed by atoms with Crippen LogP contribution in [0.2, 0.25) is 36.3 Å². The fourth-order valence-electron chi connectivity index (χ4n) is 13.4. The lowest BCUT2D eigenvalue weighted by Crippen LogP contribution is -2.52. The second-order valence-corrected chi connectivity index (χ2v) is 40.5. The van der Waals surface area contributed by atoms with Gasteiger partial charge in [0.05, 0.1) is 36.1 Å². The lowest BCUT2D eigenvalue weighted by atomic mass is 9.85. The molecule has 8 atom stereocenters. The number of cyclic esters (lactones) is 2. The Kier molecular flexibility index (Phi) is 25.2. The molecule has 3 aliphatic heterocycles. The Morgan fingerprint density at radius 1 is 0.445 bits per heavy atom. The van der Waals surface area contributed by atoms with Crippen molar-refractivity contribution < 1.29 is 82.9 Å². The van der Waals surface area contributed by atoms with E-state index >= 15 is 18.4 Å². The number of nitrogens with zero attached hydrogens (tertiary/aromatic N) is 4. The predicted octanol–water partition coefficient (Wildman–Crippen LogP) is 19.9. The zero-order chi connectivity index (χ0) is 79.0. The summed E-state index contributed by atoms with van der Waals surface area (Å²) >= 11 is 0. The van der Waals surface area contributed by atoms with Gasteiger partial charge in [-0.3, -0.25) is 9.59 Å². The highest BCUT2D eigenvalue weighted by Gasteiger charge is 2.49. The molecule has 26 heteroatoms. The second kappa shape index (κ2) is 34.3. The van der Waals surface area contributed by atoms with E-state index in [0.717, 1.165) is 21.9 Å². The average molecular weight is 1550 g/mol. The van der Waals surface area contributed by atoms with Crippen molar-refractivity contribution in [3.8, 4) is 11.5 Å². The topological polar surface area (TPSA) is 195 Å². The van der Waals surface area contributed by atoms with E-state index in [9.17, 15) is 36.7 Å². The minimum absolute atomic E-state index is 0.0600. The number of rotatable bonds is 26. The molecule has 18 nitrogen and oxygen atoms in total. The highest BCUT2D eigenvalue weighted by Crippen LogP contribution is 2.47. The van der Waals surface area contributed by atoms with Crippen LogP contribution in [0.25, 0.3) is 0 Å². The molecule has 110 heavy (non-hydrogen) atoms. The predicted molar refractivity (Wildman–Crippen MR) is 409 cm³/mol. The molecule has 3 fully saturated rings. The molecule has 3 aliphatic rings. The monoisotopic (exact) mass is 1550 g/mol. The molecule has 0 aromatic heterocycles. The number of imide groups is 2. The lowest BCUT2D eigenvalue weighted by Gasteiger charge is -2.40. The number of hydrogen-bond donors (Lipinski definition) is 2. The molecule has 0 unspecified atom stereocenters. The van der Waals surface area contributed by atoms with Gasteiger partial charge in [-0.2, -0.15) is 0 Å². The summed E-state index contributed by atoms with van der Waals surface area (Å²) in [5, 5.41) is 5.96. The number of carbonyl (C=O) groups excluding carboxylic acids is 6. The van der Waals surface area contributed by atoms with Crippen LogP contribution >= 0.6 is 0 Å². The van der Waals surface area contributed by atoms with E-state index in [0.29, 0.717) is 22.3 Å². The van der Waals surface area contributed by atoms with Gasteiger partial charge in [-0.25, -0.2) is 55.3 Å². The van der Waals surface area contributed by atoms with E-state index in [1.165, 1.54) is 107 Å². The third-order valence-electron chi connectivity index (χ3n) is 21.6. The SMILES string of the molecule is CC(C)(C)[Si](C)(C)O[C@@H](CC[C@@H](C(=O)N1C(=O)OC[C@@H]1c1ccccc1)[C@H](Nc1ccc(F)cc1)c1ccc(OC(=O)N2CCN(C(=O)Oc3ccc([C@@H](Nc4ccc(F)cc4)[C@@H](CC[C@H](O[Si](C)(C)C(C)(C)C)c4ccc(F)cc4)C(=O)N4C(=O)OC[C@@H]4c4ccccc4)c(F)c3)CC2)cc1F)c1ccc(F)cc1. The first-order chi connectivity index (χ1) is 52.2. The number of ether oxygens (including phenoxy) is 4. The van der Waals surface area contributed by atoms with Crippen LogP contribution in [0.1, 0.15) is 137 Å². The normalized spacial score (nSPS) is 17.3. The zero-order valence-corrected chi connectivity index (χ0v) is 65.1. The van der Waals surface area contributed by atoms with Gasteiger partial charge >= 0.3 is 24.4 Å². The van der Waals surface area contributed by atoms with Crippen LogP contribution in [0, 0.1) is 46.7 Å². The standard InChI is InChI=1S/C84H92F6N6O12Si2/c1-83(2,3)109(7,8)107-73(55-21-25-57(85)26-22-55)43-41-67(77(97)95-71(51-103-81(95)101)53-17-13-11-14-18-53)75(91-61-33-29-59(87)30-34-61)65-39-37-63(49-69(65)89)105-79(99)93-45-47-94(48-46-93)80(100)106-64-38-40-66(70(90)50-64)76(92-62-35-31-60(88)32-36-62)68(78(98)96-72(52-104-82(96)102)54-19-15-12-16-20-54)42-44-74(56-23-27-58(86)28-24-56)108-110(9,10)84(4,5)6/h11-40,49-50,67-68,71-76,91-92H,41-48,51-52H2,1-10H3/t67-,68-,71-,72-,73+,74+,75-,76-/m1/s1. The Morgan fingerprint density at radius 3 is 1.07 bits per heavy atom. The highest BCUT2D eigenvalue weighted by molar-refractivity contribution is 6.74. The molecule has 8 aromatic carbocycles. The van der Waals surface area contributed by atoms with Crippen LogP contribution in [0.15, 0.2) is 194 Å². The van der Waals surface area contributed by atoms with Crippen molar-refractivity contribution in [2.24, 2.45) is 11.8 Å². The Labute approximate surface area is 639 Å². The maximum atomic E-state index is 17.4. The van der Waals surface area contributed by atoms with Crippen molar-refractivity contribution in [1.82, 2.24) is 19.6 Å². The average Bonchev–Trinajstić information content (AvgIpc) is 1.81. The van der Waals surface area contributed by atoms with E-state index < -0.39 is 136 Å². The van der Waals surface area contributed by atoms with E-state index in [-0.39, 0.29) is 109 Å². The molecule has 3 heterocycles. The Bertz CT molecular complexity index is 4270. The van der Waals surface area contributed by atoms with Crippen molar-refractivity contribution in [3.05, 3.63) is 262 Å². The Balaban J connectivity index is 0.826. The number of amides is 6. The lowest BCUT2D eigenvalue weighted by molar-refractivity contribution is -0.135. The molecule has 6 amide bonds. The molecule has 8 aromatic rings. The Morgan fingerprint density at radius 2 is 0.764 bits per heavy atom. The van der Waals surface area contributed by atoms with Gasteiger partial charge in [-0.05, 0) is 169 Å². The third kappa shape index (κ3) is 19.3. The highest BCUT2D eigenvalue weighted by atomic mass is 28.4. The van der Waals surface area contributed by atoms with Gasteiger partial charge in [0.25, 0.3) is 0 Å². The molecule has 0 radical (unpaired) electrons. The van der Waals surface area contributed by atoms with Gasteiger partial charge < -0.3 is 48.2 Å². The fraction of sp³-hybridized carbons (Fsp3) is 0.357. The van der Waals surface area contributed by atoms with E-state index in [4.69, 9.17) is 27.8 Å². The molecule has 3 saturated heterocycles. The number of piperazine rings is 1. The van der Waals surface area contributed by atoms with Crippen LogP contribution < -0.4 is 20.1 Å². The first kappa shape index (κ1) is 80.7. The first-order valence-electron chi connectivity index (χ1n) is 36.7. The van der Waals surface area contributed by atoms with Crippen molar-refractivity contribution >= 4 is 64.2 Å². The van der Waals surface area contributed by atoms with Gasteiger partial charge in [0.1, 0.15) is 71.7 Å². The number of benzene rings is 8. The molecule has 0 spiro atoms. The molecule has 2 N–H and O–H groups in total. The number of hydrogen-bond acceptors (Lipinski definition) is 14. The first-order valence-corrected chi connectivity index (χ1v) is 42.6. The summed E-state index contributed by atoms with van der Waals surface area (Å²) < 4.78 is 130. The maximum Gasteiger partial charge on any atom is 0.417 e. The van der Waals surface area contributed by atoms with E-state index in [2.05, 4.69) is 78.4 Å². The number of anilines is 2. The molecule has 0 saturated carbocycles. The van der Waals surface area contributed by atoms with E-state index in [1.807, 2.05) is 0 Å². The largest absolute Gasteiger partial charge is 0.446 e. The van der Waals surface area contributed by atoms with Crippen molar-refractivity contribution in [1.29, 1.82) is 0 Å². The fourth-order valence-corrected chi connectivity index (χ4v) is 16.0. The van der Waals surface area contributed by atoms with Gasteiger partial charge in [0, 0.05) is 60.8 Å². The number of carbonyl (C=O) groups is 6. The molecule has 0 aliphatic carbocycles. The summed E-state index contributed by atoms with van der Waals surface area (Å²) in [6.07, 6.45) is -4.96. The summed E-state index contributed by atoms with van der Waals surface area (Å²) in [5.74, 6) is -8.46. The zero-order valence-electron chi connectivity index (χ0n) is 63.1. The minimum atomic E-state index is -2.62. The van der Waals surface area contributed by atoms with Gasteiger partial charge in [0.15, 0.2) is 16.6 Å². The summed E-state index contributed by atoms with van der Waals surface area (Å²) in [6, 6.07) is 42.8. The van der Waals surface area contributed by atoms with Crippen LogP contribution in [-0.4, -0.2) is 112 Å². The summed E-state index contributed by atoms with van der Waals surface area (Å²) in [5.41, 5.74) is 2.84. The van der Waals surface area contributed by atoms with Crippen molar-refractivity contribution in [2.75, 3.05) is 50.0 Å². The van der Waals surface area contributed by atoms with Crippen molar-refractivity contribution in [3.63, 3.8) is 0 Å². The summed E-state index contributed by atoms with van der Waals surface area (Å²) in [7, 11) is -5.23. The van der Waals surface area contributed by atoms with E-state index in [1.54, 1.807) is 84.9 Å². The van der Waals surface area contributed by atoms with Gasteiger partial charge in [0.2, 0.25) is 11.8 Å². The van der Waals surface area contributed by atoms with Crippen LogP contribution in [0.4, 0.5) is 56.9 Å².